The normalized spacial score (nSPS) is 23.8. The molecule has 2 bridgehead atoms. The number of hydrogen-bond donors (Lipinski definition) is 0. The maximum absolute atomic E-state index is 2.41. The summed E-state index contributed by atoms with van der Waals surface area (Å²) in [6, 6.07) is 34.5. The van der Waals surface area contributed by atoms with Gasteiger partial charge in [-0.2, -0.15) is 0 Å². The molecule has 2 heteroatoms. The lowest BCUT2D eigenvalue weighted by atomic mass is 9.70. The van der Waals surface area contributed by atoms with Crippen molar-refractivity contribution in [1.82, 2.24) is 0 Å². The lowest BCUT2D eigenvalue weighted by molar-refractivity contribution is -0.00000526. The minimum absolute atomic E-state index is 0. The summed E-state index contributed by atoms with van der Waals surface area (Å²) >= 11 is 0. The summed E-state index contributed by atoms with van der Waals surface area (Å²) in [5.74, 6) is 1.82. The van der Waals surface area contributed by atoms with Crippen molar-refractivity contribution in [3.05, 3.63) is 91.0 Å². The Morgan fingerprint density at radius 1 is 0.536 bits per heavy atom. The third kappa shape index (κ3) is 3.27. The highest BCUT2D eigenvalue weighted by molar-refractivity contribution is 7.96. The fraction of sp³-hybridized carbons (Fsp3) is 0.308. The average Bonchev–Trinajstić information content (AvgIpc) is 2.78. The standard InChI is InChI=1S/C26H28P.BrH/c1-4-10-23(11-5-1)27(24-12-6-2-7-13-24,25-14-8-3-9-15-25)26-20-21-16-18-22(26)19-17-21;/h1-15,21-22,26H,16-20H2;1H/q+1;/p-1. The van der Waals surface area contributed by atoms with Crippen LogP contribution in [0.4, 0.5) is 0 Å². The average molecular weight is 451 g/mol. The topological polar surface area (TPSA) is 0 Å². The zero-order valence-corrected chi connectivity index (χ0v) is 18.7. The van der Waals surface area contributed by atoms with Crippen LogP contribution in [0.25, 0.3) is 0 Å². The van der Waals surface area contributed by atoms with Crippen LogP contribution in [0.1, 0.15) is 32.1 Å². The molecule has 0 N–H and O–H groups in total. The van der Waals surface area contributed by atoms with Gasteiger partial charge >= 0.3 is 0 Å². The Balaban J connectivity index is 0.00000192. The lowest BCUT2D eigenvalue weighted by Gasteiger charge is -2.47. The van der Waals surface area contributed by atoms with Gasteiger partial charge in [-0.3, -0.25) is 0 Å². The molecule has 0 aliphatic heterocycles. The molecule has 0 heterocycles. The van der Waals surface area contributed by atoms with Gasteiger partial charge in [-0.1, -0.05) is 54.6 Å². The van der Waals surface area contributed by atoms with Crippen LogP contribution in [-0.2, 0) is 0 Å². The molecule has 0 spiro atoms. The van der Waals surface area contributed by atoms with Gasteiger partial charge in [-0.05, 0) is 80.3 Å². The van der Waals surface area contributed by atoms with Crippen LogP contribution in [-0.4, -0.2) is 5.66 Å². The van der Waals surface area contributed by atoms with E-state index in [0.717, 1.165) is 17.5 Å². The van der Waals surface area contributed by atoms with E-state index < -0.39 is 7.26 Å². The predicted octanol–water partition coefficient (Wildman–Crippen LogP) is 2.56. The van der Waals surface area contributed by atoms with Crippen molar-refractivity contribution in [2.75, 3.05) is 0 Å². The highest BCUT2D eigenvalue weighted by Crippen LogP contribution is 2.67. The molecule has 0 saturated heterocycles. The monoisotopic (exact) mass is 450 g/mol. The van der Waals surface area contributed by atoms with Crippen LogP contribution in [0.2, 0.25) is 0 Å². The van der Waals surface area contributed by atoms with Gasteiger partial charge in [0, 0.05) is 0 Å². The lowest BCUT2D eigenvalue weighted by Crippen LogP contribution is -3.00. The zero-order valence-electron chi connectivity index (χ0n) is 16.3. The van der Waals surface area contributed by atoms with E-state index in [0.29, 0.717) is 0 Å². The molecule has 3 aliphatic rings. The highest BCUT2D eigenvalue weighted by Gasteiger charge is 2.57. The molecule has 3 aliphatic carbocycles. The molecule has 1 unspecified atom stereocenters. The Bertz CT molecular complexity index is 773. The summed E-state index contributed by atoms with van der Waals surface area (Å²) in [4.78, 5) is 0. The van der Waals surface area contributed by atoms with Gasteiger partial charge in [0.1, 0.15) is 23.2 Å². The second kappa shape index (κ2) is 8.52. The quantitative estimate of drug-likeness (QED) is 0.535. The van der Waals surface area contributed by atoms with E-state index in [9.17, 15) is 0 Å². The number of fused-ring (bicyclic) bond motifs is 3. The number of hydrogen-bond acceptors (Lipinski definition) is 0. The van der Waals surface area contributed by atoms with Crippen LogP contribution in [0.5, 0.6) is 0 Å². The summed E-state index contributed by atoms with van der Waals surface area (Å²) < 4.78 is 0. The third-order valence-electron chi connectivity index (χ3n) is 7.00. The van der Waals surface area contributed by atoms with E-state index in [1.165, 1.54) is 32.1 Å². The van der Waals surface area contributed by atoms with Crippen molar-refractivity contribution in [2.24, 2.45) is 11.8 Å². The molecule has 3 aromatic rings. The second-order valence-electron chi connectivity index (χ2n) is 8.31. The molecule has 144 valence electrons. The van der Waals surface area contributed by atoms with E-state index in [1.54, 1.807) is 15.9 Å². The smallest absolute Gasteiger partial charge is 0.115 e. The summed E-state index contributed by atoms with van der Waals surface area (Å²) in [5.41, 5.74) is 0.789. The molecular weight excluding hydrogens is 423 g/mol. The van der Waals surface area contributed by atoms with E-state index in [4.69, 9.17) is 0 Å². The molecular formula is C26H28BrP. The Labute approximate surface area is 180 Å². The Morgan fingerprint density at radius 2 is 0.929 bits per heavy atom. The van der Waals surface area contributed by atoms with Crippen molar-refractivity contribution < 1.29 is 17.0 Å². The molecule has 0 radical (unpaired) electrons. The fourth-order valence-electron chi connectivity index (χ4n) is 5.83. The minimum atomic E-state index is -1.67. The van der Waals surface area contributed by atoms with Gasteiger partial charge in [-0.15, -0.1) is 0 Å². The van der Waals surface area contributed by atoms with Crippen LogP contribution >= 0.6 is 7.26 Å². The highest BCUT2D eigenvalue weighted by atomic mass is 79.9. The summed E-state index contributed by atoms with van der Waals surface area (Å²) in [6.45, 7) is 0. The summed E-state index contributed by atoms with van der Waals surface area (Å²) in [6.07, 6.45) is 7.20. The van der Waals surface area contributed by atoms with Crippen molar-refractivity contribution in [3.63, 3.8) is 0 Å². The first-order valence-electron chi connectivity index (χ1n) is 10.4. The van der Waals surface area contributed by atoms with Crippen molar-refractivity contribution >= 4 is 23.2 Å². The first kappa shape index (κ1) is 19.9. The molecule has 1 atom stereocenters. The molecule has 3 fully saturated rings. The van der Waals surface area contributed by atoms with Crippen molar-refractivity contribution in [1.29, 1.82) is 0 Å². The maximum atomic E-state index is 2.41. The molecule has 3 aromatic carbocycles. The number of benzene rings is 3. The summed E-state index contributed by atoms with van der Waals surface area (Å²) in [5, 5.41) is 4.71. The van der Waals surface area contributed by atoms with Gasteiger partial charge in [-0.25, -0.2) is 0 Å². The SMILES string of the molecule is [Br-].c1ccc([P+](c2ccccc2)(c2ccccc2)C2CC3CCC2CC3)cc1. The first-order chi connectivity index (χ1) is 13.4. The zero-order chi connectivity index (χ0) is 18.1. The number of halogens is 1. The van der Waals surface area contributed by atoms with E-state index in [-0.39, 0.29) is 17.0 Å². The van der Waals surface area contributed by atoms with Crippen LogP contribution in [0.3, 0.4) is 0 Å². The molecule has 6 rings (SSSR count). The van der Waals surface area contributed by atoms with Crippen molar-refractivity contribution in [2.45, 2.75) is 37.8 Å². The molecule has 0 nitrogen and oxygen atoms in total. The van der Waals surface area contributed by atoms with Crippen molar-refractivity contribution in [3.8, 4) is 0 Å². The Hall–Kier alpha value is -1.43. The molecule has 0 aromatic heterocycles. The van der Waals surface area contributed by atoms with Gasteiger partial charge in [0.25, 0.3) is 0 Å². The number of rotatable bonds is 4. The minimum Gasteiger partial charge on any atom is -1.00 e. The second-order valence-corrected chi connectivity index (χ2v) is 12.0. The fourth-order valence-corrected chi connectivity index (χ4v) is 11.3. The maximum Gasteiger partial charge on any atom is 0.115 e. The first-order valence-corrected chi connectivity index (χ1v) is 12.3. The van der Waals surface area contributed by atoms with Crippen LogP contribution in [0.15, 0.2) is 91.0 Å². The Morgan fingerprint density at radius 3 is 1.25 bits per heavy atom. The van der Waals surface area contributed by atoms with Gasteiger partial charge in [0.2, 0.25) is 0 Å². The Kier molecular flexibility index (Phi) is 6.04. The summed E-state index contributed by atoms with van der Waals surface area (Å²) in [7, 11) is -1.67. The van der Waals surface area contributed by atoms with Gasteiger partial charge < -0.3 is 17.0 Å². The molecule has 3 saturated carbocycles. The van der Waals surface area contributed by atoms with E-state index in [2.05, 4.69) is 91.0 Å². The van der Waals surface area contributed by atoms with Gasteiger partial charge in [0.15, 0.2) is 0 Å². The van der Waals surface area contributed by atoms with E-state index >= 15 is 0 Å². The van der Waals surface area contributed by atoms with Gasteiger partial charge in [0.05, 0.1) is 5.66 Å². The van der Waals surface area contributed by atoms with Crippen LogP contribution in [0, 0.1) is 11.8 Å². The predicted molar refractivity (Wildman–Crippen MR) is 119 cm³/mol. The largest absolute Gasteiger partial charge is 1.00 e. The van der Waals surface area contributed by atoms with Crippen LogP contribution < -0.4 is 32.9 Å². The molecule has 28 heavy (non-hydrogen) atoms. The molecule has 0 amide bonds. The van der Waals surface area contributed by atoms with E-state index in [1.807, 2.05) is 0 Å². The third-order valence-corrected chi connectivity index (χ3v) is 12.0.